The van der Waals surface area contributed by atoms with E-state index in [1.165, 1.54) is 6.07 Å². The van der Waals surface area contributed by atoms with E-state index >= 15 is 0 Å². The number of carbonyl (C=O) groups is 1. The number of hydrogen-bond donors (Lipinski definition) is 2. The van der Waals surface area contributed by atoms with E-state index in [0.29, 0.717) is 22.6 Å². The highest BCUT2D eigenvalue weighted by Gasteiger charge is 2.07. The van der Waals surface area contributed by atoms with Crippen LogP contribution in [-0.4, -0.2) is 22.6 Å². The van der Waals surface area contributed by atoms with E-state index < -0.39 is 0 Å². The third-order valence-electron chi connectivity index (χ3n) is 2.54. The van der Waals surface area contributed by atoms with Crippen LogP contribution >= 0.6 is 0 Å². The van der Waals surface area contributed by atoms with Gasteiger partial charge in [-0.05, 0) is 36.3 Å². The topological polar surface area (TPSA) is 86.0 Å². The van der Waals surface area contributed by atoms with Crippen LogP contribution in [0.25, 0.3) is 0 Å². The fourth-order valence-electron chi connectivity index (χ4n) is 1.62. The molecule has 5 heteroatoms. The molecule has 0 saturated heterocycles. The number of nitrogens with one attached hydrogen (secondary N) is 1. The summed E-state index contributed by atoms with van der Waals surface area (Å²) in [6.07, 6.45) is 0. The van der Waals surface area contributed by atoms with Gasteiger partial charge in [0.05, 0.1) is 11.6 Å². The van der Waals surface area contributed by atoms with Crippen molar-refractivity contribution in [3.63, 3.8) is 0 Å². The van der Waals surface area contributed by atoms with Gasteiger partial charge in [0.25, 0.3) is 5.91 Å². The van der Waals surface area contributed by atoms with Crippen LogP contribution in [0.1, 0.15) is 21.6 Å². The number of aliphatic hydroxyl groups is 1. The molecule has 0 saturated carbocycles. The van der Waals surface area contributed by atoms with Gasteiger partial charge in [0.15, 0.2) is 0 Å². The maximum absolute atomic E-state index is 12.1. The van der Waals surface area contributed by atoms with Crippen molar-refractivity contribution in [2.24, 2.45) is 0 Å². The van der Waals surface area contributed by atoms with Gasteiger partial charge in [-0.1, -0.05) is 18.1 Å². The van der Waals surface area contributed by atoms with Crippen LogP contribution in [0.15, 0.2) is 42.5 Å². The summed E-state index contributed by atoms with van der Waals surface area (Å²) < 4.78 is 0. The molecule has 0 spiro atoms. The van der Waals surface area contributed by atoms with Crippen molar-refractivity contribution in [1.29, 1.82) is 5.26 Å². The van der Waals surface area contributed by atoms with E-state index in [1.807, 2.05) is 6.07 Å². The summed E-state index contributed by atoms with van der Waals surface area (Å²) in [5, 5.41) is 20.1. The predicted octanol–water partition coefficient (Wildman–Crippen LogP) is 1.55. The maximum Gasteiger partial charge on any atom is 0.256 e. The summed E-state index contributed by atoms with van der Waals surface area (Å²) in [5.41, 5.74) is 1.24. The molecule has 1 amide bonds. The maximum atomic E-state index is 12.1. The summed E-state index contributed by atoms with van der Waals surface area (Å²) in [4.78, 5) is 16.2. The zero-order chi connectivity index (χ0) is 15.1. The summed E-state index contributed by atoms with van der Waals surface area (Å²) in [6.45, 7) is -0.251. The molecule has 0 unspecified atom stereocenters. The number of rotatable bonds is 2. The molecule has 1 aromatic heterocycles. The normalized spacial score (nSPS) is 9.14. The van der Waals surface area contributed by atoms with E-state index in [2.05, 4.69) is 22.1 Å². The van der Waals surface area contributed by atoms with Gasteiger partial charge in [-0.25, -0.2) is 4.98 Å². The Balaban J connectivity index is 2.17. The molecule has 0 atom stereocenters. The molecular formula is C16H11N3O2. The van der Waals surface area contributed by atoms with Gasteiger partial charge >= 0.3 is 0 Å². The van der Waals surface area contributed by atoms with E-state index in [9.17, 15) is 4.79 Å². The second-order valence-corrected chi connectivity index (χ2v) is 4.01. The van der Waals surface area contributed by atoms with Crippen LogP contribution in [0.4, 0.5) is 5.82 Å². The Morgan fingerprint density at radius 2 is 2.10 bits per heavy atom. The highest BCUT2D eigenvalue weighted by atomic mass is 16.2. The van der Waals surface area contributed by atoms with E-state index in [0.717, 1.165) is 0 Å². The van der Waals surface area contributed by atoms with Crippen LogP contribution in [0.2, 0.25) is 0 Å². The fourth-order valence-corrected chi connectivity index (χ4v) is 1.62. The Morgan fingerprint density at radius 1 is 1.29 bits per heavy atom. The third kappa shape index (κ3) is 3.90. The standard InChI is InChI=1S/C16H11N3O2/c17-11-12-4-1-5-13(10-12)16(21)19-15-8-2-6-14(18-15)7-3-9-20/h1-2,4-6,8,10,20H,9H2,(H,18,19,21). The van der Waals surface area contributed by atoms with Gasteiger partial charge in [-0.15, -0.1) is 0 Å². The Hall–Kier alpha value is -3.15. The number of aliphatic hydroxyl groups excluding tert-OH is 1. The predicted molar refractivity (Wildman–Crippen MR) is 77.3 cm³/mol. The van der Waals surface area contributed by atoms with E-state index in [1.54, 1.807) is 36.4 Å². The molecule has 2 N–H and O–H groups in total. The number of amides is 1. The van der Waals surface area contributed by atoms with Gasteiger partial charge in [0, 0.05) is 5.56 Å². The largest absolute Gasteiger partial charge is 0.384 e. The first kappa shape index (κ1) is 14.3. The third-order valence-corrected chi connectivity index (χ3v) is 2.54. The van der Waals surface area contributed by atoms with Crippen molar-refractivity contribution in [3.05, 3.63) is 59.3 Å². The number of nitrogens with zero attached hydrogens (tertiary/aromatic N) is 2. The summed E-state index contributed by atoms with van der Waals surface area (Å²) in [7, 11) is 0. The Morgan fingerprint density at radius 3 is 2.86 bits per heavy atom. The zero-order valence-electron chi connectivity index (χ0n) is 11.0. The molecule has 2 aromatic rings. The lowest BCUT2D eigenvalue weighted by Crippen LogP contribution is -2.13. The zero-order valence-corrected chi connectivity index (χ0v) is 11.0. The lowest BCUT2D eigenvalue weighted by molar-refractivity contribution is 0.102. The Bertz CT molecular complexity index is 767. The molecule has 0 fully saturated rings. The number of nitriles is 1. The molecule has 0 bridgehead atoms. The van der Waals surface area contributed by atoms with Crippen LogP contribution in [0, 0.1) is 23.2 Å². The Labute approximate surface area is 121 Å². The monoisotopic (exact) mass is 277 g/mol. The van der Waals surface area contributed by atoms with Crippen molar-refractivity contribution in [3.8, 4) is 17.9 Å². The number of pyridine rings is 1. The average molecular weight is 277 g/mol. The quantitative estimate of drug-likeness (QED) is 0.815. The molecular weight excluding hydrogens is 266 g/mol. The van der Waals surface area contributed by atoms with Crippen molar-refractivity contribution in [2.75, 3.05) is 11.9 Å². The molecule has 0 aliphatic heterocycles. The van der Waals surface area contributed by atoms with E-state index in [-0.39, 0.29) is 12.5 Å². The summed E-state index contributed by atoms with van der Waals surface area (Å²) >= 11 is 0. The molecule has 2 rings (SSSR count). The van der Waals surface area contributed by atoms with Crippen LogP contribution in [0.5, 0.6) is 0 Å². The van der Waals surface area contributed by atoms with Crippen LogP contribution < -0.4 is 5.32 Å². The number of anilines is 1. The molecule has 5 nitrogen and oxygen atoms in total. The second-order valence-electron chi connectivity index (χ2n) is 4.01. The van der Waals surface area contributed by atoms with Gasteiger partial charge in [-0.3, -0.25) is 4.79 Å². The lowest BCUT2D eigenvalue weighted by Gasteiger charge is -2.05. The Kier molecular flexibility index (Phi) is 4.66. The molecule has 1 aromatic carbocycles. The van der Waals surface area contributed by atoms with Crippen LogP contribution in [-0.2, 0) is 0 Å². The first-order chi connectivity index (χ1) is 10.2. The second kappa shape index (κ2) is 6.85. The minimum absolute atomic E-state index is 0.251. The number of benzene rings is 1. The fraction of sp³-hybridized carbons (Fsp3) is 0.0625. The first-order valence-electron chi connectivity index (χ1n) is 6.11. The van der Waals surface area contributed by atoms with Crippen molar-refractivity contribution in [1.82, 2.24) is 4.98 Å². The number of hydrogen-bond acceptors (Lipinski definition) is 4. The molecule has 0 aliphatic carbocycles. The minimum Gasteiger partial charge on any atom is -0.384 e. The SMILES string of the molecule is N#Cc1cccc(C(=O)Nc2cccc(C#CCO)n2)c1. The number of carbonyl (C=O) groups excluding carboxylic acids is 1. The highest BCUT2D eigenvalue weighted by Crippen LogP contribution is 2.09. The highest BCUT2D eigenvalue weighted by molar-refractivity contribution is 6.03. The molecule has 0 radical (unpaired) electrons. The summed E-state index contributed by atoms with van der Waals surface area (Å²) in [5.74, 6) is 5.15. The van der Waals surface area contributed by atoms with Crippen molar-refractivity contribution >= 4 is 11.7 Å². The van der Waals surface area contributed by atoms with Crippen molar-refractivity contribution < 1.29 is 9.90 Å². The molecule has 0 aliphatic rings. The van der Waals surface area contributed by atoms with E-state index in [4.69, 9.17) is 10.4 Å². The van der Waals surface area contributed by atoms with Gasteiger partial charge in [-0.2, -0.15) is 5.26 Å². The molecule has 21 heavy (non-hydrogen) atoms. The van der Waals surface area contributed by atoms with Gasteiger partial charge < -0.3 is 10.4 Å². The lowest BCUT2D eigenvalue weighted by atomic mass is 10.1. The molecule has 1 heterocycles. The van der Waals surface area contributed by atoms with Gasteiger partial charge in [0.1, 0.15) is 18.1 Å². The van der Waals surface area contributed by atoms with Gasteiger partial charge in [0.2, 0.25) is 0 Å². The smallest absolute Gasteiger partial charge is 0.256 e. The molecule has 102 valence electrons. The minimum atomic E-state index is -0.355. The summed E-state index contributed by atoms with van der Waals surface area (Å²) in [6, 6.07) is 13.4. The van der Waals surface area contributed by atoms with Crippen LogP contribution in [0.3, 0.4) is 0 Å². The first-order valence-corrected chi connectivity index (χ1v) is 6.11. The van der Waals surface area contributed by atoms with Crippen molar-refractivity contribution in [2.45, 2.75) is 0 Å². The number of aromatic nitrogens is 1. The average Bonchev–Trinajstić information content (AvgIpc) is 2.53.